The largest absolute Gasteiger partial charge is 0.503 e. The summed E-state index contributed by atoms with van der Waals surface area (Å²) in [5.41, 5.74) is 5.07. The summed E-state index contributed by atoms with van der Waals surface area (Å²) in [6.07, 6.45) is 1.25. The first-order chi connectivity index (χ1) is 3.30. The summed E-state index contributed by atoms with van der Waals surface area (Å²) >= 11 is 0. The zero-order valence-electron chi connectivity index (χ0n) is 3.55. The minimum absolute atomic E-state index is 0.000000000000000222. The molecule has 1 heterocycles. The number of aromatic amines is 1. The number of hydrogen-bond donors (Lipinski definition) is 3. The molecule has 4 heteroatoms. The highest BCUT2D eigenvalue weighted by Gasteiger charge is 1.91. The van der Waals surface area contributed by atoms with E-state index in [9.17, 15) is 0 Å². The van der Waals surface area contributed by atoms with Gasteiger partial charge in [0.2, 0.25) is 0 Å². The maximum Gasteiger partial charge on any atom is 0.177 e. The molecule has 0 aliphatic carbocycles. The van der Waals surface area contributed by atoms with Gasteiger partial charge >= 0.3 is 0 Å². The molecule has 0 aliphatic rings. The molecule has 0 spiro atoms. The first-order valence-electron chi connectivity index (χ1n) is 1.78. The van der Waals surface area contributed by atoms with Gasteiger partial charge in [-0.2, -0.15) is 5.10 Å². The quantitative estimate of drug-likeness (QED) is 0.418. The normalized spacial score (nSPS) is 9.14. The highest BCUT2D eigenvalue weighted by molar-refractivity contribution is 5.41. The van der Waals surface area contributed by atoms with Gasteiger partial charge in [0.05, 0.1) is 6.20 Å². The van der Waals surface area contributed by atoms with Crippen molar-refractivity contribution in [3.8, 4) is 5.75 Å². The van der Waals surface area contributed by atoms with Crippen LogP contribution in [0.25, 0.3) is 0 Å². The number of H-pyrrole nitrogens is 1. The number of nitrogen functional groups attached to an aromatic ring is 1. The third-order valence-electron chi connectivity index (χ3n) is 0.648. The molecule has 0 unspecified atom stereocenters. The van der Waals surface area contributed by atoms with Crippen molar-refractivity contribution in [1.29, 1.82) is 0 Å². The van der Waals surface area contributed by atoms with E-state index >= 15 is 0 Å². The number of anilines is 1. The Kier molecular flexibility index (Phi) is 0.651. The minimum Gasteiger partial charge on any atom is -0.503 e. The summed E-state index contributed by atoms with van der Waals surface area (Å²) < 4.78 is 0. The molecule has 4 nitrogen and oxygen atoms in total. The molecule has 0 aliphatic heterocycles. The summed E-state index contributed by atoms with van der Waals surface area (Å²) in [5.74, 6) is 0.208. The number of nitrogens with one attached hydrogen (secondary N) is 1. The van der Waals surface area contributed by atoms with Gasteiger partial charge < -0.3 is 10.8 Å². The molecule has 4 N–H and O–H groups in total. The maximum atomic E-state index is 8.54. The first-order valence-corrected chi connectivity index (χ1v) is 1.78. The molecule has 0 fully saturated rings. The van der Waals surface area contributed by atoms with Crippen molar-refractivity contribution in [2.45, 2.75) is 0 Å². The van der Waals surface area contributed by atoms with E-state index in [1.165, 1.54) is 6.20 Å². The van der Waals surface area contributed by atoms with Crippen molar-refractivity contribution in [1.82, 2.24) is 10.2 Å². The molecular weight excluding hydrogens is 94.1 g/mol. The number of rotatable bonds is 0. The van der Waals surface area contributed by atoms with Crippen LogP contribution in [-0.2, 0) is 0 Å². The highest BCUT2D eigenvalue weighted by Crippen LogP contribution is 2.11. The lowest BCUT2D eigenvalue weighted by Gasteiger charge is -1.79. The van der Waals surface area contributed by atoms with Crippen LogP contribution < -0.4 is 5.73 Å². The van der Waals surface area contributed by atoms with Crippen molar-refractivity contribution in [2.75, 3.05) is 5.73 Å². The van der Waals surface area contributed by atoms with Crippen LogP contribution >= 0.6 is 0 Å². The predicted molar refractivity (Wildman–Crippen MR) is 24.7 cm³/mol. The second kappa shape index (κ2) is 1.14. The molecule has 0 radical (unpaired) electrons. The van der Waals surface area contributed by atoms with Crippen LogP contribution in [0.15, 0.2) is 6.20 Å². The molecule has 7 heavy (non-hydrogen) atoms. The molecule has 0 aromatic carbocycles. The van der Waals surface area contributed by atoms with Crippen LogP contribution in [0.2, 0.25) is 0 Å². The van der Waals surface area contributed by atoms with E-state index in [1.54, 1.807) is 0 Å². The summed E-state index contributed by atoms with van der Waals surface area (Å²) in [6, 6.07) is 0. The van der Waals surface area contributed by atoms with E-state index < -0.39 is 0 Å². The van der Waals surface area contributed by atoms with Crippen molar-refractivity contribution in [3.63, 3.8) is 0 Å². The lowest BCUT2D eigenvalue weighted by Crippen LogP contribution is -1.82. The van der Waals surface area contributed by atoms with Gasteiger partial charge in [0.15, 0.2) is 11.6 Å². The SMILES string of the molecule is Nc1[nH]ncc1O. The summed E-state index contributed by atoms with van der Waals surface area (Å²) in [6.45, 7) is 0. The Labute approximate surface area is 40.0 Å². The predicted octanol–water partition coefficient (Wildman–Crippen LogP) is -0.303. The van der Waals surface area contributed by atoms with Gasteiger partial charge in [-0.1, -0.05) is 0 Å². The molecular formula is C3H5N3O. The van der Waals surface area contributed by atoms with Crippen LogP contribution in [0.4, 0.5) is 5.82 Å². The van der Waals surface area contributed by atoms with Gasteiger partial charge in [-0.15, -0.1) is 0 Å². The fourth-order valence-electron chi connectivity index (χ4n) is 0.290. The first kappa shape index (κ1) is 3.98. The average molecular weight is 99.1 g/mol. The highest BCUT2D eigenvalue weighted by atomic mass is 16.3. The molecule has 0 saturated heterocycles. The van der Waals surface area contributed by atoms with E-state index in [0.717, 1.165) is 0 Å². The topological polar surface area (TPSA) is 74.9 Å². The van der Waals surface area contributed by atoms with Crippen molar-refractivity contribution in [3.05, 3.63) is 6.20 Å². The zero-order chi connectivity index (χ0) is 5.28. The third-order valence-corrected chi connectivity index (χ3v) is 0.648. The van der Waals surface area contributed by atoms with Gasteiger partial charge in [-0.05, 0) is 0 Å². The van der Waals surface area contributed by atoms with E-state index in [4.69, 9.17) is 10.8 Å². The van der Waals surface area contributed by atoms with Gasteiger partial charge in [0, 0.05) is 0 Å². The zero-order valence-corrected chi connectivity index (χ0v) is 3.55. The van der Waals surface area contributed by atoms with E-state index in [-0.39, 0.29) is 11.6 Å². The van der Waals surface area contributed by atoms with Gasteiger partial charge in [0.25, 0.3) is 0 Å². The second-order valence-electron chi connectivity index (χ2n) is 1.17. The Morgan fingerprint density at radius 2 is 2.57 bits per heavy atom. The third kappa shape index (κ3) is 0.489. The molecule has 1 aromatic heterocycles. The van der Waals surface area contributed by atoms with E-state index in [0.29, 0.717) is 0 Å². The van der Waals surface area contributed by atoms with Crippen molar-refractivity contribution < 1.29 is 5.11 Å². The lowest BCUT2D eigenvalue weighted by atomic mass is 10.6. The molecule has 38 valence electrons. The lowest BCUT2D eigenvalue weighted by molar-refractivity contribution is 0.478. The standard InChI is InChI=1S/C3H5N3O/c4-3-2(7)1-5-6-3/h1,7H,(H3,4,5,6). The van der Waals surface area contributed by atoms with Crippen molar-refractivity contribution in [2.24, 2.45) is 0 Å². The van der Waals surface area contributed by atoms with Gasteiger partial charge in [0.1, 0.15) is 0 Å². The summed E-state index contributed by atoms with van der Waals surface area (Å²) in [7, 11) is 0. The van der Waals surface area contributed by atoms with E-state index in [1.807, 2.05) is 0 Å². The second-order valence-corrected chi connectivity index (χ2v) is 1.17. The molecule has 0 amide bonds. The number of aromatic nitrogens is 2. The van der Waals surface area contributed by atoms with Crippen LogP contribution in [0, 0.1) is 0 Å². The number of aromatic hydroxyl groups is 1. The molecule has 1 rings (SSSR count). The Morgan fingerprint density at radius 3 is 2.71 bits per heavy atom. The van der Waals surface area contributed by atoms with E-state index in [2.05, 4.69) is 10.2 Å². The Balaban J connectivity index is 3.12. The maximum absolute atomic E-state index is 8.54. The fraction of sp³-hybridized carbons (Fsp3) is 0. The van der Waals surface area contributed by atoms with Gasteiger partial charge in [-0.3, -0.25) is 5.10 Å². The Bertz CT molecular complexity index is 142. The van der Waals surface area contributed by atoms with Crippen LogP contribution in [-0.4, -0.2) is 15.3 Å². The molecule has 0 atom stereocenters. The minimum atomic E-state index is 0.000000000000000222. The van der Waals surface area contributed by atoms with Crippen LogP contribution in [0.3, 0.4) is 0 Å². The molecule has 1 aromatic rings. The monoisotopic (exact) mass is 99.0 g/mol. The number of nitrogens with zero attached hydrogens (tertiary/aromatic N) is 1. The van der Waals surface area contributed by atoms with Crippen LogP contribution in [0.5, 0.6) is 5.75 Å². The van der Waals surface area contributed by atoms with Gasteiger partial charge in [-0.25, -0.2) is 0 Å². The average Bonchev–Trinajstić information content (AvgIpc) is 1.91. The Morgan fingerprint density at radius 1 is 1.86 bits per heavy atom. The van der Waals surface area contributed by atoms with Crippen molar-refractivity contribution >= 4 is 5.82 Å². The number of nitrogens with two attached hydrogens (primary N) is 1. The number of hydrogen-bond acceptors (Lipinski definition) is 3. The smallest absolute Gasteiger partial charge is 0.177 e. The Hall–Kier alpha value is -1.19. The summed E-state index contributed by atoms with van der Waals surface area (Å²) in [4.78, 5) is 0. The van der Waals surface area contributed by atoms with Crippen LogP contribution in [0.1, 0.15) is 0 Å². The molecule has 0 saturated carbocycles. The fourth-order valence-corrected chi connectivity index (χ4v) is 0.290. The molecule has 0 bridgehead atoms. The summed E-state index contributed by atoms with van der Waals surface area (Å²) in [5, 5.41) is 14.3.